The van der Waals surface area contributed by atoms with Gasteiger partial charge in [-0.3, -0.25) is 0 Å². The lowest BCUT2D eigenvalue weighted by Gasteiger charge is -2.15. The number of rotatable bonds is 6. The average Bonchev–Trinajstić information content (AvgIpc) is 3.13. The zero-order valence-corrected chi connectivity index (χ0v) is 10.9. The summed E-state index contributed by atoms with van der Waals surface area (Å²) in [5, 5.41) is 3.78. The molecular weight excluding hydrogens is 237 g/mol. The Bertz CT molecular complexity index is 376. The molecule has 0 radical (unpaired) electrons. The van der Waals surface area contributed by atoms with Gasteiger partial charge in [0.15, 0.2) is 0 Å². The average molecular weight is 256 g/mol. The van der Waals surface area contributed by atoms with Gasteiger partial charge in [0.1, 0.15) is 5.82 Å². The van der Waals surface area contributed by atoms with Crippen molar-refractivity contribution in [2.75, 3.05) is 6.54 Å². The zero-order chi connectivity index (χ0) is 12.3. The van der Waals surface area contributed by atoms with Gasteiger partial charge in [0.2, 0.25) is 0 Å². The summed E-state index contributed by atoms with van der Waals surface area (Å²) < 4.78 is 13.0. The summed E-state index contributed by atoms with van der Waals surface area (Å²) in [6.07, 6.45) is 4.74. The van der Waals surface area contributed by atoms with Crippen LogP contribution in [0.3, 0.4) is 0 Å². The number of benzene rings is 1. The second kappa shape index (κ2) is 5.83. The first-order valence-corrected chi connectivity index (χ1v) is 6.74. The molecule has 1 nitrogen and oxygen atoms in total. The van der Waals surface area contributed by atoms with E-state index in [0.29, 0.717) is 5.92 Å². The third kappa shape index (κ3) is 3.97. The van der Waals surface area contributed by atoms with Gasteiger partial charge in [0.05, 0.1) is 5.02 Å². The van der Waals surface area contributed by atoms with Gasteiger partial charge in [-0.2, -0.15) is 0 Å². The van der Waals surface area contributed by atoms with Crippen LogP contribution < -0.4 is 5.32 Å². The summed E-state index contributed by atoms with van der Waals surface area (Å²) in [6, 6.07) is 5.79. The largest absolute Gasteiger partial charge is 0.314 e. The van der Waals surface area contributed by atoms with Crippen LogP contribution in [-0.4, -0.2) is 12.6 Å². The van der Waals surface area contributed by atoms with Crippen molar-refractivity contribution in [3.8, 4) is 0 Å². The van der Waals surface area contributed by atoms with Crippen molar-refractivity contribution in [2.45, 2.75) is 38.6 Å². The summed E-state index contributed by atoms with van der Waals surface area (Å²) in [7, 11) is 0. The molecule has 2 rings (SSSR count). The van der Waals surface area contributed by atoms with Crippen LogP contribution in [0.4, 0.5) is 4.39 Å². The summed E-state index contributed by atoms with van der Waals surface area (Å²) >= 11 is 5.79. The Hall–Kier alpha value is -0.600. The molecule has 0 heterocycles. The highest BCUT2D eigenvalue weighted by atomic mass is 35.5. The topological polar surface area (TPSA) is 12.0 Å². The van der Waals surface area contributed by atoms with Gasteiger partial charge < -0.3 is 5.32 Å². The van der Waals surface area contributed by atoms with Crippen molar-refractivity contribution in [1.29, 1.82) is 0 Å². The van der Waals surface area contributed by atoms with E-state index < -0.39 is 0 Å². The Morgan fingerprint density at radius 3 is 2.82 bits per heavy atom. The minimum Gasteiger partial charge on any atom is -0.314 e. The molecular formula is C14H19ClFN. The molecule has 1 saturated carbocycles. The monoisotopic (exact) mass is 255 g/mol. The molecule has 0 aliphatic heterocycles. The first-order chi connectivity index (χ1) is 8.19. The number of hydrogen-bond acceptors (Lipinski definition) is 1. The molecule has 1 aromatic rings. The molecule has 0 bridgehead atoms. The Morgan fingerprint density at radius 2 is 2.24 bits per heavy atom. The maximum absolute atomic E-state index is 13.0. The lowest BCUT2D eigenvalue weighted by molar-refractivity contribution is 0.458. The highest BCUT2D eigenvalue weighted by molar-refractivity contribution is 6.30. The SMILES string of the molecule is CCC(CNC1CC1)Cc1ccc(F)c(Cl)c1. The molecule has 1 aromatic carbocycles. The molecule has 0 aromatic heterocycles. The number of hydrogen-bond donors (Lipinski definition) is 1. The Labute approximate surface area is 107 Å². The first-order valence-electron chi connectivity index (χ1n) is 6.36. The molecule has 1 aliphatic carbocycles. The maximum Gasteiger partial charge on any atom is 0.141 e. The highest BCUT2D eigenvalue weighted by Crippen LogP contribution is 2.22. The molecule has 3 heteroatoms. The molecule has 17 heavy (non-hydrogen) atoms. The third-order valence-electron chi connectivity index (χ3n) is 3.36. The molecule has 1 fully saturated rings. The second-order valence-corrected chi connectivity index (χ2v) is 5.32. The van der Waals surface area contributed by atoms with Gasteiger partial charge in [-0.1, -0.05) is 31.0 Å². The quantitative estimate of drug-likeness (QED) is 0.815. The van der Waals surface area contributed by atoms with E-state index in [4.69, 9.17) is 11.6 Å². The fourth-order valence-electron chi connectivity index (χ4n) is 1.98. The van der Waals surface area contributed by atoms with Gasteiger partial charge in [0, 0.05) is 6.04 Å². The van der Waals surface area contributed by atoms with E-state index in [0.717, 1.165) is 31.0 Å². The van der Waals surface area contributed by atoms with Crippen molar-refractivity contribution in [3.63, 3.8) is 0 Å². The van der Waals surface area contributed by atoms with E-state index in [-0.39, 0.29) is 10.8 Å². The number of nitrogens with one attached hydrogen (secondary N) is 1. The van der Waals surface area contributed by atoms with Crippen molar-refractivity contribution >= 4 is 11.6 Å². The minimum absolute atomic E-state index is 0.229. The van der Waals surface area contributed by atoms with Gasteiger partial charge in [-0.25, -0.2) is 4.39 Å². The Kier molecular flexibility index (Phi) is 4.41. The molecule has 0 amide bonds. The van der Waals surface area contributed by atoms with E-state index in [1.807, 2.05) is 6.07 Å². The smallest absolute Gasteiger partial charge is 0.141 e. The van der Waals surface area contributed by atoms with Crippen LogP contribution in [0.2, 0.25) is 5.02 Å². The van der Waals surface area contributed by atoms with Crippen molar-refractivity contribution in [1.82, 2.24) is 5.32 Å². The maximum atomic E-state index is 13.0. The summed E-state index contributed by atoms with van der Waals surface area (Å²) in [6.45, 7) is 3.25. The zero-order valence-electron chi connectivity index (χ0n) is 10.2. The second-order valence-electron chi connectivity index (χ2n) is 4.91. The molecule has 0 saturated heterocycles. The van der Waals surface area contributed by atoms with Gasteiger partial charge >= 0.3 is 0 Å². The van der Waals surface area contributed by atoms with E-state index in [1.165, 1.54) is 18.9 Å². The van der Waals surface area contributed by atoms with Crippen LogP contribution in [0.5, 0.6) is 0 Å². The third-order valence-corrected chi connectivity index (χ3v) is 3.65. The van der Waals surface area contributed by atoms with Crippen LogP contribution in [0.1, 0.15) is 31.7 Å². The first kappa shape index (κ1) is 12.8. The van der Waals surface area contributed by atoms with Crippen LogP contribution in [0, 0.1) is 11.7 Å². The lowest BCUT2D eigenvalue weighted by atomic mass is 9.97. The molecule has 0 spiro atoms. The van der Waals surface area contributed by atoms with Crippen molar-refractivity contribution in [2.24, 2.45) is 5.92 Å². The van der Waals surface area contributed by atoms with Gasteiger partial charge in [0.25, 0.3) is 0 Å². The minimum atomic E-state index is -0.334. The van der Waals surface area contributed by atoms with Crippen LogP contribution >= 0.6 is 11.6 Å². The lowest BCUT2D eigenvalue weighted by Crippen LogP contribution is -2.25. The van der Waals surface area contributed by atoms with Gasteiger partial charge in [-0.05, 0) is 49.4 Å². The Balaban J connectivity index is 1.89. The fraction of sp³-hybridized carbons (Fsp3) is 0.571. The van der Waals surface area contributed by atoms with E-state index in [9.17, 15) is 4.39 Å². The predicted molar refractivity (Wildman–Crippen MR) is 69.9 cm³/mol. The molecule has 1 unspecified atom stereocenters. The summed E-state index contributed by atoms with van der Waals surface area (Å²) in [4.78, 5) is 0. The highest BCUT2D eigenvalue weighted by Gasteiger charge is 2.21. The Morgan fingerprint density at radius 1 is 1.47 bits per heavy atom. The van der Waals surface area contributed by atoms with E-state index in [1.54, 1.807) is 6.07 Å². The molecule has 94 valence electrons. The van der Waals surface area contributed by atoms with Crippen LogP contribution in [0.25, 0.3) is 0 Å². The summed E-state index contributed by atoms with van der Waals surface area (Å²) in [5.41, 5.74) is 1.13. The van der Waals surface area contributed by atoms with Gasteiger partial charge in [-0.15, -0.1) is 0 Å². The number of halogens is 2. The standard InChI is InChI=1S/C14H19ClFN/c1-2-10(9-17-12-4-5-12)7-11-3-6-14(16)13(15)8-11/h3,6,8,10,12,17H,2,4-5,7,9H2,1H3. The van der Waals surface area contributed by atoms with Crippen LogP contribution in [0.15, 0.2) is 18.2 Å². The summed E-state index contributed by atoms with van der Waals surface area (Å²) in [5.74, 6) is 0.275. The molecule has 1 N–H and O–H groups in total. The van der Waals surface area contributed by atoms with Crippen molar-refractivity contribution in [3.05, 3.63) is 34.6 Å². The van der Waals surface area contributed by atoms with Crippen LogP contribution in [-0.2, 0) is 6.42 Å². The van der Waals surface area contributed by atoms with E-state index in [2.05, 4.69) is 12.2 Å². The fourth-order valence-corrected chi connectivity index (χ4v) is 2.18. The molecule has 1 atom stereocenters. The normalized spacial score (nSPS) is 17.1. The predicted octanol–water partition coefficient (Wildman–Crippen LogP) is 3.80. The molecule has 1 aliphatic rings. The van der Waals surface area contributed by atoms with Crippen molar-refractivity contribution < 1.29 is 4.39 Å². The van der Waals surface area contributed by atoms with E-state index >= 15 is 0 Å².